The average molecular weight is 424 g/mol. The summed E-state index contributed by atoms with van der Waals surface area (Å²) >= 11 is 12.1. The Kier molecular flexibility index (Phi) is 5.07. The van der Waals surface area contributed by atoms with Crippen LogP contribution in [0, 0.1) is 0 Å². The van der Waals surface area contributed by atoms with Crippen LogP contribution >= 0.6 is 23.2 Å². The number of halogens is 2. The third-order valence-corrected chi connectivity index (χ3v) is 5.57. The highest BCUT2D eigenvalue weighted by atomic mass is 35.5. The van der Waals surface area contributed by atoms with Gasteiger partial charge in [-0.2, -0.15) is 10.1 Å². The van der Waals surface area contributed by atoms with E-state index in [9.17, 15) is 4.79 Å². The topological polar surface area (TPSA) is 44.7 Å². The van der Waals surface area contributed by atoms with Crippen LogP contribution in [0.2, 0.25) is 10.0 Å². The molecule has 1 N–H and O–H groups in total. The van der Waals surface area contributed by atoms with Crippen LogP contribution in [-0.2, 0) is 5.66 Å². The van der Waals surface area contributed by atoms with Gasteiger partial charge < -0.3 is 5.32 Å². The summed E-state index contributed by atoms with van der Waals surface area (Å²) in [4.78, 5) is 13.4. The number of nitrogens with one attached hydrogen (secondary N) is 1. The Balaban J connectivity index is 1.85. The van der Waals surface area contributed by atoms with Gasteiger partial charge in [-0.15, -0.1) is 0 Å². The number of hydrogen-bond acceptors (Lipinski definition) is 3. The molecule has 1 heterocycles. The van der Waals surface area contributed by atoms with Gasteiger partial charge in [0.25, 0.3) is 5.91 Å². The molecule has 0 fully saturated rings. The van der Waals surface area contributed by atoms with E-state index in [0.29, 0.717) is 21.3 Å². The van der Waals surface area contributed by atoms with Gasteiger partial charge in [-0.3, -0.25) is 4.79 Å². The van der Waals surface area contributed by atoms with Gasteiger partial charge in [-0.25, -0.2) is 0 Å². The lowest BCUT2D eigenvalue weighted by molar-refractivity contribution is 0.0545. The quantitative estimate of drug-likeness (QED) is 0.512. The van der Waals surface area contributed by atoms with Gasteiger partial charge in [-0.05, 0) is 61.4 Å². The molecular weight excluding hydrogens is 405 g/mol. The van der Waals surface area contributed by atoms with Crippen LogP contribution in [0.4, 0.5) is 5.69 Å². The molecule has 3 aromatic rings. The Hall–Kier alpha value is -2.82. The number of para-hydroxylation sites is 1. The molecule has 0 radical (unpaired) electrons. The van der Waals surface area contributed by atoms with E-state index in [2.05, 4.69) is 5.32 Å². The monoisotopic (exact) mass is 423 g/mol. The van der Waals surface area contributed by atoms with Gasteiger partial charge in [-0.1, -0.05) is 59.6 Å². The van der Waals surface area contributed by atoms with Crippen LogP contribution in [0.1, 0.15) is 35.3 Å². The first-order valence-corrected chi connectivity index (χ1v) is 9.93. The van der Waals surface area contributed by atoms with Crippen LogP contribution in [0.15, 0.2) is 77.9 Å². The van der Waals surface area contributed by atoms with Gasteiger partial charge in [0.2, 0.25) is 0 Å². The van der Waals surface area contributed by atoms with Gasteiger partial charge in [0.05, 0.1) is 11.3 Å². The Labute approximate surface area is 179 Å². The minimum atomic E-state index is -0.885. The van der Waals surface area contributed by atoms with E-state index in [1.54, 1.807) is 18.2 Å². The van der Waals surface area contributed by atoms with Crippen molar-refractivity contribution in [3.05, 3.63) is 99.5 Å². The van der Waals surface area contributed by atoms with Crippen LogP contribution in [-0.4, -0.2) is 16.6 Å². The van der Waals surface area contributed by atoms with Crippen molar-refractivity contribution >= 4 is 40.5 Å². The fourth-order valence-electron chi connectivity index (χ4n) is 3.42. The number of rotatable bonds is 3. The highest BCUT2D eigenvalue weighted by molar-refractivity contribution is 6.30. The number of benzene rings is 3. The van der Waals surface area contributed by atoms with Crippen LogP contribution in [0.25, 0.3) is 0 Å². The summed E-state index contributed by atoms with van der Waals surface area (Å²) in [5.41, 5.74) is 2.93. The molecule has 4 rings (SSSR count). The van der Waals surface area contributed by atoms with Gasteiger partial charge >= 0.3 is 0 Å². The normalized spacial score (nSPS) is 19.0. The number of carbonyl (C=O) groups is 1. The second-order valence-electron chi connectivity index (χ2n) is 7.06. The highest BCUT2D eigenvalue weighted by Crippen LogP contribution is 2.38. The minimum absolute atomic E-state index is 0.176. The third-order valence-electron chi connectivity index (χ3n) is 5.07. The van der Waals surface area contributed by atoms with Crippen molar-refractivity contribution < 1.29 is 4.79 Å². The van der Waals surface area contributed by atoms with Crippen molar-refractivity contribution in [1.29, 1.82) is 0 Å². The molecule has 0 aliphatic carbocycles. The molecule has 0 saturated heterocycles. The van der Waals surface area contributed by atoms with E-state index < -0.39 is 5.66 Å². The standard InChI is InChI=1S/C23H19Cl2N3O/c1-15(16-7-11-18(24)12-8-16)27-28-22(29)20-5-3-4-6-21(20)26-23(28,2)17-9-13-19(25)14-10-17/h3-14,26H,1-2H3/b27-15+. The third kappa shape index (κ3) is 3.61. The summed E-state index contributed by atoms with van der Waals surface area (Å²) < 4.78 is 0. The van der Waals surface area contributed by atoms with Gasteiger partial charge in [0, 0.05) is 15.7 Å². The van der Waals surface area contributed by atoms with Crippen molar-refractivity contribution in [3.63, 3.8) is 0 Å². The summed E-state index contributed by atoms with van der Waals surface area (Å²) in [5.74, 6) is -0.176. The molecule has 0 aromatic heterocycles. The van der Waals surface area contributed by atoms with E-state index in [1.807, 2.05) is 68.4 Å². The number of hydrogen-bond donors (Lipinski definition) is 1. The number of carbonyl (C=O) groups excluding carboxylic acids is 1. The average Bonchev–Trinajstić information content (AvgIpc) is 2.72. The first-order valence-electron chi connectivity index (χ1n) is 9.17. The van der Waals surface area contributed by atoms with E-state index in [4.69, 9.17) is 28.3 Å². The van der Waals surface area contributed by atoms with Crippen molar-refractivity contribution in [1.82, 2.24) is 5.01 Å². The summed E-state index contributed by atoms with van der Waals surface area (Å²) in [6.45, 7) is 3.81. The fraction of sp³-hybridized carbons (Fsp3) is 0.130. The van der Waals surface area contributed by atoms with Gasteiger partial charge in [0.15, 0.2) is 5.66 Å². The Morgan fingerprint density at radius 2 is 1.52 bits per heavy atom. The van der Waals surface area contributed by atoms with Crippen LogP contribution in [0.3, 0.4) is 0 Å². The fourth-order valence-corrected chi connectivity index (χ4v) is 3.68. The molecular formula is C23H19Cl2N3O. The van der Waals surface area contributed by atoms with E-state index in [0.717, 1.165) is 16.8 Å². The predicted molar refractivity (Wildman–Crippen MR) is 119 cm³/mol. The van der Waals surface area contributed by atoms with Gasteiger partial charge in [0.1, 0.15) is 0 Å². The zero-order valence-corrected chi connectivity index (χ0v) is 17.5. The largest absolute Gasteiger partial charge is 0.357 e. The molecule has 1 aliphatic rings. The second-order valence-corrected chi connectivity index (χ2v) is 7.93. The molecule has 6 heteroatoms. The lowest BCUT2D eigenvalue weighted by atomic mass is 9.95. The zero-order valence-electron chi connectivity index (χ0n) is 16.0. The first kappa shape index (κ1) is 19.5. The SMILES string of the molecule is C/C(=N\N1C(=O)c2ccccc2NC1(C)c1ccc(Cl)cc1)c1ccc(Cl)cc1. The van der Waals surface area contributed by atoms with E-state index >= 15 is 0 Å². The van der Waals surface area contributed by atoms with Crippen LogP contribution in [0.5, 0.6) is 0 Å². The summed E-state index contributed by atoms with van der Waals surface area (Å²) in [5, 5.41) is 11.0. The van der Waals surface area contributed by atoms with Crippen LogP contribution < -0.4 is 5.32 Å². The van der Waals surface area contributed by atoms with Crippen molar-refractivity contribution in [2.45, 2.75) is 19.5 Å². The smallest absolute Gasteiger partial charge is 0.278 e. The van der Waals surface area contributed by atoms with Crippen molar-refractivity contribution in [3.8, 4) is 0 Å². The lowest BCUT2D eigenvalue weighted by Gasteiger charge is -2.43. The molecule has 1 aliphatic heterocycles. The van der Waals surface area contributed by atoms with Crippen molar-refractivity contribution in [2.24, 2.45) is 5.10 Å². The molecule has 0 saturated carbocycles. The molecule has 4 nitrogen and oxygen atoms in total. The number of amides is 1. The molecule has 29 heavy (non-hydrogen) atoms. The molecule has 146 valence electrons. The summed E-state index contributed by atoms with van der Waals surface area (Å²) in [6, 6.07) is 22.2. The zero-order chi connectivity index (χ0) is 20.6. The molecule has 0 spiro atoms. The molecule has 1 amide bonds. The maximum Gasteiger partial charge on any atom is 0.278 e. The molecule has 1 unspecified atom stereocenters. The Bertz CT molecular complexity index is 1090. The molecule has 1 atom stereocenters. The second kappa shape index (κ2) is 7.54. The van der Waals surface area contributed by atoms with Crippen molar-refractivity contribution in [2.75, 3.05) is 5.32 Å². The summed E-state index contributed by atoms with van der Waals surface area (Å²) in [6.07, 6.45) is 0. The maximum absolute atomic E-state index is 13.4. The first-order chi connectivity index (χ1) is 13.9. The maximum atomic E-state index is 13.4. The number of anilines is 1. The predicted octanol–water partition coefficient (Wildman–Crippen LogP) is 6.16. The Morgan fingerprint density at radius 3 is 2.17 bits per heavy atom. The number of nitrogens with zero attached hydrogens (tertiary/aromatic N) is 2. The minimum Gasteiger partial charge on any atom is -0.357 e. The number of fused-ring (bicyclic) bond motifs is 1. The van der Waals surface area contributed by atoms with E-state index in [1.165, 1.54) is 5.01 Å². The Morgan fingerprint density at radius 1 is 0.931 bits per heavy atom. The van der Waals surface area contributed by atoms with E-state index in [-0.39, 0.29) is 5.91 Å². The summed E-state index contributed by atoms with van der Waals surface area (Å²) in [7, 11) is 0. The number of hydrazone groups is 1. The highest BCUT2D eigenvalue weighted by Gasteiger charge is 2.43. The molecule has 3 aromatic carbocycles. The lowest BCUT2D eigenvalue weighted by Crippen LogP contribution is -2.53. The molecule has 0 bridgehead atoms.